The first kappa shape index (κ1) is 17.7. The van der Waals surface area contributed by atoms with E-state index in [0.717, 1.165) is 5.69 Å². The highest BCUT2D eigenvalue weighted by atomic mass is 16.3. The van der Waals surface area contributed by atoms with Gasteiger partial charge in [0.2, 0.25) is 0 Å². The molecule has 3 aromatic rings. The number of hydrogen-bond donors (Lipinski definition) is 2. The Morgan fingerprint density at radius 3 is 2.12 bits per heavy atom. The van der Waals surface area contributed by atoms with Crippen molar-refractivity contribution in [3.05, 3.63) is 89.6 Å². The lowest BCUT2D eigenvalue weighted by Crippen LogP contribution is -2.43. The third-order valence-electron chi connectivity index (χ3n) is 4.44. The zero-order valence-corrected chi connectivity index (χ0v) is 15.0. The van der Waals surface area contributed by atoms with Gasteiger partial charge in [0.15, 0.2) is 6.39 Å². The van der Waals surface area contributed by atoms with Crippen LogP contribution in [0.3, 0.4) is 0 Å². The number of nitrogens with zero attached hydrogens (tertiary/aromatic N) is 1. The third-order valence-corrected chi connectivity index (χ3v) is 4.44. The highest BCUT2D eigenvalue weighted by Gasteiger charge is 2.22. The monoisotopic (exact) mass is 349 g/mol. The smallest absolute Gasteiger partial charge is 0.315 e. The van der Waals surface area contributed by atoms with Crippen LogP contribution >= 0.6 is 0 Å². The fraction of sp³-hybridized carbons (Fsp3) is 0.238. The Balaban J connectivity index is 1.70. The van der Waals surface area contributed by atoms with E-state index in [9.17, 15) is 4.79 Å². The molecule has 0 saturated carbocycles. The van der Waals surface area contributed by atoms with Gasteiger partial charge in [-0.15, -0.1) is 0 Å². The average Bonchev–Trinajstić information content (AvgIpc) is 3.07. The fourth-order valence-electron chi connectivity index (χ4n) is 3.09. The molecule has 0 fully saturated rings. The molecule has 0 bridgehead atoms. The number of carbonyl (C=O) groups excluding carboxylic acids is 1. The van der Waals surface area contributed by atoms with Gasteiger partial charge in [0.05, 0.1) is 6.54 Å². The van der Waals surface area contributed by atoms with E-state index in [1.54, 1.807) is 0 Å². The topological polar surface area (TPSA) is 67.2 Å². The SMILES string of the molecule is Cc1ocnc1CNC(=O)NC(C)C(c1ccccc1)c1ccccc1. The summed E-state index contributed by atoms with van der Waals surface area (Å²) in [6.45, 7) is 4.18. The molecule has 0 aliphatic carbocycles. The summed E-state index contributed by atoms with van der Waals surface area (Å²) in [6.07, 6.45) is 1.38. The lowest BCUT2D eigenvalue weighted by atomic mass is 9.86. The molecule has 1 heterocycles. The van der Waals surface area contributed by atoms with Crippen molar-refractivity contribution in [3.63, 3.8) is 0 Å². The van der Waals surface area contributed by atoms with Crippen LogP contribution in [0.1, 0.15) is 35.4 Å². The molecule has 0 spiro atoms. The summed E-state index contributed by atoms with van der Waals surface area (Å²) >= 11 is 0. The van der Waals surface area contributed by atoms with E-state index in [2.05, 4.69) is 39.9 Å². The number of benzene rings is 2. The molecule has 2 aromatic carbocycles. The number of hydrogen-bond acceptors (Lipinski definition) is 3. The fourth-order valence-corrected chi connectivity index (χ4v) is 3.09. The molecule has 0 radical (unpaired) electrons. The van der Waals surface area contributed by atoms with Gasteiger partial charge in [-0.25, -0.2) is 9.78 Å². The molecule has 1 atom stereocenters. The number of oxazole rings is 1. The normalized spacial score (nSPS) is 12.0. The molecule has 5 nitrogen and oxygen atoms in total. The first-order valence-electron chi connectivity index (χ1n) is 8.68. The Hall–Kier alpha value is -3.08. The lowest BCUT2D eigenvalue weighted by Gasteiger charge is -2.26. The van der Waals surface area contributed by atoms with Crippen molar-refractivity contribution in [1.29, 1.82) is 0 Å². The van der Waals surface area contributed by atoms with E-state index in [-0.39, 0.29) is 18.0 Å². The number of amides is 2. The Morgan fingerprint density at radius 2 is 1.62 bits per heavy atom. The minimum absolute atomic E-state index is 0.0666. The van der Waals surface area contributed by atoms with Gasteiger partial charge in [-0.3, -0.25) is 0 Å². The summed E-state index contributed by atoms with van der Waals surface area (Å²) in [4.78, 5) is 16.4. The number of nitrogens with one attached hydrogen (secondary N) is 2. The Labute approximate surface area is 153 Å². The quantitative estimate of drug-likeness (QED) is 0.707. The van der Waals surface area contributed by atoms with Crippen LogP contribution in [-0.2, 0) is 6.54 Å². The lowest BCUT2D eigenvalue weighted by molar-refractivity contribution is 0.236. The van der Waals surface area contributed by atoms with E-state index in [0.29, 0.717) is 12.3 Å². The summed E-state index contributed by atoms with van der Waals surface area (Å²) in [7, 11) is 0. The van der Waals surface area contributed by atoms with Crippen LogP contribution < -0.4 is 10.6 Å². The first-order chi connectivity index (χ1) is 12.6. The highest BCUT2D eigenvalue weighted by Crippen LogP contribution is 2.27. The van der Waals surface area contributed by atoms with Gasteiger partial charge in [0, 0.05) is 12.0 Å². The molecule has 3 rings (SSSR count). The maximum Gasteiger partial charge on any atom is 0.315 e. The Kier molecular flexibility index (Phi) is 5.69. The molecular formula is C21H23N3O2. The predicted molar refractivity (Wildman–Crippen MR) is 101 cm³/mol. The van der Waals surface area contributed by atoms with Crippen LogP contribution in [0.25, 0.3) is 0 Å². The number of carbonyl (C=O) groups is 1. The molecule has 1 aromatic heterocycles. The Morgan fingerprint density at radius 1 is 1.04 bits per heavy atom. The van der Waals surface area contributed by atoms with Crippen LogP contribution in [0.2, 0.25) is 0 Å². The van der Waals surface area contributed by atoms with Gasteiger partial charge in [-0.05, 0) is 25.0 Å². The summed E-state index contributed by atoms with van der Waals surface area (Å²) < 4.78 is 5.15. The minimum atomic E-state index is -0.225. The van der Waals surface area contributed by atoms with Crippen LogP contribution in [0.5, 0.6) is 0 Å². The van der Waals surface area contributed by atoms with Gasteiger partial charge in [0.1, 0.15) is 11.5 Å². The van der Waals surface area contributed by atoms with E-state index >= 15 is 0 Å². The predicted octanol–water partition coefficient (Wildman–Crippen LogP) is 4.00. The van der Waals surface area contributed by atoms with Crippen molar-refractivity contribution in [2.75, 3.05) is 0 Å². The van der Waals surface area contributed by atoms with Crippen molar-refractivity contribution in [2.24, 2.45) is 0 Å². The summed E-state index contributed by atoms with van der Waals surface area (Å²) in [5, 5.41) is 5.89. The van der Waals surface area contributed by atoms with Gasteiger partial charge in [-0.1, -0.05) is 60.7 Å². The standard InChI is InChI=1S/C21H23N3O2/c1-15(24-21(25)22-13-19-16(2)26-14-23-19)20(17-9-5-3-6-10-17)18-11-7-4-8-12-18/h3-12,14-15,20H,13H2,1-2H3,(H2,22,24,25). The highest BCUT2D eigenvalue weighted by molar-refractivity contribution is 5.74. The van der Waals surface area contributed by atoms with Gasteiger partial charge in [-0.2, -0.15) is 0 Å². The number of rotatable bonds is 6. The number of aryl methyl sites for hydroxylation is 1. The van der Waals surface area contributed by atoms with Crippen LogP contribution in [-0.4, -0.2) is 17.1 Å². The molecule has 0 aliphatic rings. The molecule has 1 unspecified atom stereocenters. The number of aromatic nitrogens is 1. The van der Waals surface area contributed by atoms with E-state index in [4.69, 9.17) is 4.42 Å². The maximum absolute atomic E-state index is 12.3. The van der Waals surface area contributed by atoms with Gasteiger partial charge < -0.3 is 15.1 Å². The summed E-state index contributed by atoms with van der Waals surface area (Å²) in [5.74, 6) is 0.779. The molecule has 26 heavy (non-hydrogen) atoms. The summed E-state index contributed by atoms with van der Waals surface area (Å²) in [5.41, 5.74) is 3.06. The van der Waals surface area contributed by atoms with Crippen molar-refractivity contribution in [2.45, 2.75) is 32.4 Å². The molecule has 0 saturated heterocycles. The van der Waals surface area contributed by atoms with Crippen LogP contribution in [0.15, 0.2) is 71.5 Å². The van der Waals surface area contributed by atoms with Crippen molar-refractivity contribution >= 4 is 6.03 Å². The molecule has 2 N–H and O–H groups in total. The molecule has 5 heteroatoms. The van der Waals surface area contributed by atoms with Gasteiger partial charge >= 0.3 is 6.03 Å². The average molecular weight is 349 g/mol. The maximum atomic E-state index is 12.3. The first-order valence-corrected chi connectivity index (χ1v) is 8.68. The second-order valence-corrected chi connectivity index (χ2v) is 6.27. The zero-order chi connectivity index (χ0) is 18.4. The second-order valence-electron chi connectivity index (χ2n) is 6.27. The molecular weight excluding hydrogens is 326 g/mol. The second kappa shape index (κ2) is 8.34. The van der Waals surface area contributed by atoms with Crippen LogP contribution in [0.4, 0.5) is 4.79 Å². The third kappa shape index (κ3) is 4.30. The molecule has 0 aliphatic heterocycles. The van der Waals surface area contributed by atoms with E-state index in [1.165, 1.54) is 17.5 Å². The van der Waals surface area contributed by atoms with Crippen molar-refractivity contribution in [3.8, 4) is 0 Å². The minimum Gasteiger partial charge on any atom is -0.448 e. The van der Waals surface area contributed by atoms with E-state index in [1.807, 2.05) is 50.2 Å². The largest absolute Gasteiger partial charge is 0.448 e. The van der Waals surface area contributed by atoms with Crippen molar-refractivity contribution < 1.29 is 9.21 Å². The zero-order valence-electron chi connectivity index (χ0n) is 15.0. The van der Waals surface area contributed by atoms with Crippen LogP contribution in [0, 0.1) is 6.92 Å². The van der Waals surface area contributed by atoms with Crippen molar-refractivity contribution in [1.82, 2.24) is 15.6 Å². The Bertz CT molecular complexity index is 791. The number of urea groups is 1. The van der Waals surface area contributed by atoms with Gasteiger partial charge in [0.25, 0.3) is 0 Å². The van der Waals surface area contributed by atoms with E-state index < -0.39 is 0 Å². The molecule has 2 amide bonds. The molecule has 134 valence electrons. The summed E-state index contributed by atoms with van der Waals surface area (Å²) in [6, 6.07) is 20.1.